The van der Waals surface area contributed by atoms with Gasteiger partial charge in [0.05, 0.1) is 22.9 Å². The van der Waals surface area contributed by atoms with Crippen LogP contribution in [0.1, 0.15) is 51.1 Å². The fourth-order valence-corrected chi connectivity index (χ4v) is 8.89. The number of ether oxygens (including phenoxy) is 2. The van der Waals surface area contributed by atoms with Crippen molar-refractivity contribution in [2.75, 3.05) is 43.8 Å². The van der Waals surface area contributed by atoms with Crippen LogP contribution >= 0.6 is 0 Å². The fourth-order valence-electron chi connectivity index (χ4n) is 8.89. The summed E-state index contributed by atoms with van der Waals surface area (Å²) in [5, 5.41) is 15.1. The molecule has 2 atom stereocenters. The maximum absolute atomic E-state index is 14.0. The monoisotopic (exact) mass is 868 g/mol. The van der Waals surface area contributed by atoms with Crippen molar-refractivity contribution in [2.45, 2.75) is 51.1 Å². The Kier molecular flexibility index (Phi) is 11.4. The number of rotatable bonds is 12. The molecule has 6 heterocycles. The van der Waals surface area contributed by atoms with Gasteiger partial charge in [0.25, 0.3) is 0 Å². The number of amides is 2. The van der Waals surface area contributed by atoms with Crippen molar-refractivity contribution in [3.63, 3.8) is 0 Å². The summed E-state index contributed by atoms with van der Waals surface area (Å²) >= 11 is 0. The van der Waals surface area contributed by atoms with E-state index in [1.54, 1.807) is 6.92 Å². The number of nitrogen functional groups attached to an aromatic ring is 1. The normalized spacial score (nSPS) is 16.4. The fraction of sp³-hybridized carbons (Fsp3) is 0.265. The lowest BCUT2D eigenvalue weighted by Gasteiger charge is -2.33. The van der Waals surface area contributed by atoms with Crippen LogP contribution in [0.25, 0.3) is 44.6 Å². The molecular formula is C49H48N12O4. The van der Waals surface area contributed by atoms with Gasteiger partial charge in [0.1, 0.15) is 58.7 Å². The molecule has 4 aromatic heterocycles. The zero-order valence-electron chi connectivity index (χ0n) is 36.0. The van der Waals surface area contributed by atoms with Crippen LogP contribution in [-0.4, -0.2) is 93.8 Å². The highest BCUT2D eigenvalue weighted by Crippen LogP contribution is 2.37. The molecule has 0 aliphatic carbocycles. The minimum atomic E-state index is -0.120. The maximum atomic E-state index is 14.0. The third kappa shape index (κ3) is 8.62. The van der Waals surface area contributed by atoms with Gasteiger partial charge < -0.3 is 30.3 Å². The molecule has 328 valence electrons. The number of carbonyl (C=O) groups excluding carboxylic acids is 2. The third-order valence-electron chi connectivity index (χ3n) is 12.1. The summed E-state index contributed by atoms with van der Waals surface area (Å²) in [5.74, 6) is 3.87. The van der Waals surface area contributed by atoms with Gasteiger partial charge in [-0.25, -0.2) is 29.3 Å². The molecule has 0 spiro atoms. The predicted octanol–water partition coefficient (Wildman–Crippen LogP) is 8.32. The van der Waals surface area contributed by atoms with Gasteiger partial charge >= 0.3 is 0 Å². The van der Waals surface area contributed by atoms with Gasteiger partial charge in [-0.05, 0) is 98.5 Å². The third-order valence-corrected chi connectivity index (χ3v) is 12.1. The van der Waals surface area contributed by atoms with Crippen molar-refractivity contribution < 1.29 is 19.1 Å². The van der Waals surface area contributed by atoms with Crippen LogP contribution in [0.4, 0.5) is 11.6 Å². The molecule has 2 aliphatic heterocycles. The summed E-state index contributed by atoms with van der Waals surface area (Å²) in [5.41, 5.74) is 10.8. The number of nitrogens with one attached hydrogen (secondary N) is 1. The number of fused-ring (bicyclic) bond motifs is 2. The first-order valence-corrected chi connectivity index (χ1v) is 22.0. The molecule has 65 heavy (non-hydrogen) atoms. The van der Waals surface area contributed by atoms with E-state index in [1.165, 1.54) is 12.7 Å². The van der Waals surface area contributed by atoms with Gasteiger partial charge in [-0.3, -0.25) is 9.59 Å². The molecule has 2 aliphatic rings. The van der Waals surface area contributed by atoms with E-state index in [0.717, 1.165) is 60.2 Å². The van der Waals surface area contributed by atoms with E-state index in [-0.39, 0.29) is 30.3 Å². The number of nitrogens with two attached hydrogens (primary N) is 1. The van der Waals surface area contributed by atoms with Crippen molar-refractivity contribution in [3.8, 4) is 45.5 Å². The Morgan fingerprint density at radius 3 is 1.69 bits per heavy atom. The van der Waals surface area contributed by atoms with Crippen molar-refractivity contribution >= 4 is 45.5 Å². The molecule has 16 nitrogen and oxygen atoms in total. The molecule has 10 rings (SSSR count). The number of piperidine rings is 2. The Balaban J connectivity index is 0.867. The van der Waals surface area contributed by atoms with Crippen LogP contribution in [0.15, 0.2) is 122 Å². The second-order valence-corrected chi connectivity index (χ2v) is 16.4. The summed E-state index contributed by atoms with van der Waals surface area (Å²) in [4.78, 5) is 48.6. The first kappa shape index (κ1) is 41.1. The quantitative estimate of drug-likeness (QED) is 0.120. The highest BCUT2D eigenvalue weighted by molar-refractivity contribution is 6.00. The lowest BCUT2D eigenvalue weighted by Crippen LogP contribution is -2.41. The molecule has 0 saturated carbocycles. The maximum Gasteiger partial charge on any atom is 0.224 e. The van der Waals surface area contributed by atoms with Crippen LogP contribution in [0.3, 0.4) is 0 Å². The van der Waals surface area contributed by atoms with E-state index in [0.29, 0.717) is 77.4 Å². The number of aromatic nitrogens is 8. The molecule has 2 fully saturated rings. The van der Waals surface area contributed by atoms with Crippen LogP contribution < -0.4 is 20.5 Å². The van der Waals surface area contributed by atoms with E-state index < -0.39 is 0 Å². The molecule has 2 saturated heterocycles. The van der Waals surface area contributed by atoms with Crippen LogP contribution in [0, 0.1) is 0 Å². The second kappa shape index (κ2) is 18.1. The minimum Gasteiger partial charge on any atom is -0.457 e. The SMILES string of the molecule is CC(=O)N1CCC[C@@H](n2nc(-c3ccc(Oc4ccccc4)cc3)c3c(NCCC(=O)N4CCC[C@@H](n5nc(-c6ccc(Oc7ccccc7)cc6)c6c(N)ncnc65)C4)ncnc32)C1. The zero-order valence-corrected chi connectivity index (χ0v) is 36.0. The molecule has 3 N–H and O–H groups in total. The topological polar surface area (TPSA) is 184 Å². The Hall–Kier alpha value is -7.88. The highest BCUT2D eigenvalue weighted by Gasteiger charge is 2.30. The van der Waals surface area contributed by atoms with E-state index in [1.807, 2.05) is 128 Å². The standard InChI is InChI=1S/C49H48N12O4/c1-32(62)58-26-8-10-35(28-58)61-49-43(45(57-61)34-18-22-40(23-19-34)65-38-14-6-3-7-15-38)47(53-31-55-49)51-25-24-41(63)59-27-9-11-36(29-59)60-48-42(46(50)52-30-54-48)44(56-60)33-16-20-39(21-17-33)64-37-12-4-2-5-13-37/h2-7,12-23,30-31,35-36H,8-11,24-29H2,1H3,(H2,50,52,54)(H,51,53,55)/t35-,36-/m1/s1. The predicted molar refractivity (Wildman–Crippen MR) is 247 cm³/mol. The smallest absolute Gasteiger partial charge is 0.224 e. The van der Waals surface area contributed by atoms with Crippen LogP contribution in [-0.2, 0) is 9.59 Å². The Labute approximate surface area is 375 Å². The minimum absolute atomic E-state index is 0.0174. The number of hydrogen-bond donors (Lipinski definition) is 2. The van der Waals surface area contributed by atoms with Gasteiger partial charge in [-0.2, -0.15) is 10.2 Å². The summed E-state index contributed by atoms with van der Waals surface area (Å²) in [6.07, 6.45) is 6.56. The van der Waals surface area contributed by atoms with E-state index in [4.69, 9.17) is 30.4 Å². The Morgan fingerprint density at radius 2 is 1.12 bits per heavy atom. The first-order valence-electron chi connectivity index (χ1n) is 22.0. The molecule has 8 aromatic rings. The average Bonchev–Trinajstić information content (AvgIpc) is 3.94. The molecule has 0 unspecified atom stereocenters. The van der Waals surface area contributed by atoms with Gasteiger partial charge in [-0.15, -0.1) is 0 Å². The number of benzene rings is 4. The first-order chi connectivity index (χ1) is 31.9. The average molecular weight is 869 g/mol. The second-order valence-electron chi connectivity index (χ2n) is 16.4. The molecule has 16 heteroatoms. The molecule has 2 amide bonds. The van der Waals surface area contributed by atoms with Crippen LogP contribution in [0.2, 0.25) is 0 Å². The molecule has 0 bridgehead atoms. The lowest BCUT2D eigenvalue weighted by atomic mass is 10.1. The van der Waals surface area contributed by atoms with Crippen molar-refractivity contribution in [2.24, 2.45) is 0 Å². The summed E-state index contributed by atoms with van der Waals surface area (Å²) in [7, 11) is 0. The number of para-hydroxylation sites is 2. The van der Waals surface area contributed by atoms with Gasteiger partial charge in [-0.1, -0.05) is 36.4 Å². The van der Waals surface area contributed by atoms with Crippen molar-refractivity contribution in [1.82, 2.24) is 49.3 Å². The number of anilines is 2. The Morgan fingerprint density at radius 1 is 0.631 bits per heavy atom. The van der Waals surface area contributed by atoms with Gasteiger partial charge in [0.2, 0.25) is 11.8 Å². The van der Waals surface area contributed by atoms with Gasteiger partial charge in [0, 0.05) is 57.2 Å². The number of carbonyl (C=O) groups is 2. The largest absolute Gasteiger partial charge is 0.457 e. The van der Waals surface area contributed by atoms with Crippen molar-refractivity contribution in [3.05, 3.63) is 122 Å². The van der Waals surface area contributed by atoms with Crippen molar-refractivity contribution in [1.29, 1.82) is 0 Å². The van der Waals surface area contributed by atoms with E-state index in [2.05, 4.69) is 20.3 Å². The number of likely N-dealkylation sites (tertiary alicyclic amines) is 2. The molecular weight excluding hydrogens is 821 g/mol. The van der Waals surface area contributed by atoms with Gasteiger partial charge in [0.15, 0.2) is 11.3 Å². The van der Waals surface area contributed by atoms with E-state index in [9.17, 15) is 9.59 Å². The molecule has 4 aromatic carbocycles. The lowest BCUT2D eigenvalue weighted by molar-refractivity contribution is -0.132. The summed E-state index contributed by atoms with van der Waals surface area (Å²) < 4.78 is 16.0. The molecule has 0 radical (unpaired) electrons. The highest BCUT2D eigenvalue weighted by atomic mass is 16.5. The van der Waals surface area contributed by atoms with Crippen LogP contribution in [0.5, 0.6) is 23.0 Å². The Bertz CT molecular complexity index is 2960. The summed E-state index contributed by atoms with van der Waals surface area (Å²) in [6, 6.07) is 34.6. The number of hydrogen-bond acceptors (Lipinski definition) is 12. The number of nitrogens with zero attached hydrogens (tertiary/aromatic N) is 10. The summed E-state index contributed by atoms with van der Waals surface area (Å²) in [6.45, 7) is 4.32. The zero-order chi connectivity index (χ0) is 44.3. The van der Waals surface area contributed by atoms with E-state index >= 15 is 0 Å².